The highest BCUT2D eigenvalue weighted by Crippen LogP contribution is 2.13. The van der Waals surface area contributed by atoms with Crippen molar-refractivity contribution in [3.05, 3.63) is 11.8 Å². The van der Waals surface area contributed by atoms with Gasteiger partial charge in [0.15, 0.2) is 4.32 Å². The molecule has 0 unspecified atom stereocenters. The molecule has 66 valence electrons. The van der Waals surface area contributed by atoms with Gasteiger partial charge in [-0.25, -0.2) is 4.68 Å². The van der Waals surface area contributed by atoms with Gasteiger partial charge in [-0.05, 0) is 13.2 Å². The minimum atomic E-state index is 0.601. The zero-order chi connectivity index (χ0) is 9.14. The molecule has 0 aliphatic heterocycles. The Morgan fingerprint density at radius 3 is 2.83 bits per heavy atom. The fraction of sp³-hybridized carbons (Fsp3) is 0.429. The summed E-state index contributed by atoms with van der Waals surface area (Å²) in [4.78, 5) is 0. The van der Waals surface area contributed by atoms with Crippen LogP contribution < -0.4 is 4.74 Å². The van der Waals surface area contributed by atoms with Gasteiger partial charge < -0.3 is 4.74 Å². The van der Waals surface area contributed by atoms with Crippen LogP contribution in [0.25, 0.3) is 0 Å². The fourth-order valence-corrected chi connectivity index (χ4v) is 1.36. The zero-order valence-corrected chi connectivity index (χ0v) is 8.83. The lowest BCUT2D eigenvalue weighted by Crippen LogP contribution is -2.07. The Morgan fingerprint density at radius 2 is 2.42 bits per heavy atom. The van der Waals surface area contributed by atoms with Gasteiger partial charge in [0, 0.05) is 11.8 Å². The molecule has 0 aromatic carbocycles. The zero-order valence-electron chi connectivity index (χ0n) is 7.20. The van der Waals surface area contributed by atoms with Gasteiger partial charge in [0.1, 0.15) is 0 Å². The van der Waals surface area contributed by atoms with Crippen LogP contribution in [0.2, 0.25) is 0 Å². The van der Waals surface area contributed by atoms with E-state index < -0.39 is 0 Å². The van der Waals surface area contributed by atoms with Gasteiger partial charge in [-0.15, -0.1) is 5.10 Å². The average molecular weight is 202 g/mol. The first kappa shape index (κ1) is 9.54. The highest BCUT2D eigenvalue weighted by molar-refractivity contribution is 8.22. The molecule has 0 amide bonds. The molecule has 1 aromatic heterocycles. The molecule has 0 N–H and O–H groups in total. The van der Waals surface area contributed by atoms with Crippen molar-refractivity contribution in [1.29, 1.82) is 0 Å². The molecule has 1 heterocycles. The van der Waals surface area contributed by atoms with E-state index in [0.717, 1.165) is 10.0 Å². The van der Waals surface area contributed by atoms with Crippen LogP contribution in [0.1, 0.15) is 5.69 Å². The molecule has 5 heteroatoms. The van der Waals surface area contributed by atoms with Gasteiger partial charge in [-0.2, -0.15) is 0 Å². The topological polar surface area (TPSA) is 27.1 Å². The molecule has 0 saturated heterocycles. The normalized spacial score (nSPS) is 9.92. The van der Waals surface area contributed by atoms with Crippen molar-refractivity contribution >= 4 is 28.3 Å². The molecule has 1 rings (SSSR count). The summed E-state index contributed by atoms with van der Waals surface area (Å²) in [5, 5.41) is 4.13. The number of rotatable bonds is 1. The second-order valence-corrected chi connectivity index (χ2v) is 3.65. The lowest BCUT2D eigenvalue weighted by Gasteiger charge is -2.00. The third-order valence-corrected chi connectivity index (χ3v) is 2.62. The first-order valence-corrected chi connectivity index (χ1v) is 5.01. The molecule has 0 aliphatic rings. The summed E-state index contributed by atoms with van der Waals surface area (Å²) in [5.41, 5.74) is 0.992. The number of hydrogen-bond acceptors (Lipinski definition) is 4. The summed E-state index contributed by atoms with van der Waals surface area (Å²) < 4.78 is 7.40. The molecule has 0 spiro atoms. The Hall–Kier alpha value is -0.550. The van der Waals surface area contributed by atoms with Crippen molar-refractivity contribution in [3.63, 3.8) is 0 Å². The molecule has 0 radical (unpaired) electrons. The predicted octanol–water partition coefficient (Wildman–Crippen LogP) is 1.70. The molecule has 1 aromatic rings. The Morgan fingerprint density at radius 1 is 1.75 bits per heavy atom. The summed E-state index contributed by atoms with van der Waals surface area (Å²) in [6.07, 6.45) is 1.93. The van der Waals surface area contributed by atoms with E-state index in [4.69, 9.17) is 17.0 Å². The number of thioether (sulfide) groups is 1. The van der Waals surface area contributed by atoms with E-state index in [-0.39, 0.29) is 0 Å². The predicted molar refractivity (Wildman–Crippen MR) is 55.0 cm³/mol. The van der Waals surface area contributed by atoms with Crippen LogP contribution in [0, 0.1) is 6.92 Å². The molecule has 0 saturated carbocycles. The van der Waals surface area contributed by atoms with Crippen molar-refractivity contribution in [2.24, 2.45) is 0 Å². The molecule has 3 nitrogen and oxygen atoms in total. The fourth-order valence-electron chi connectivity index (χ4n) is 0.817. The van der Waals surface area contributed by atoms with Crippen LogP contribution >= 0.6 is 24.0 Å². The summed E-state index contributed by atoms with van der Waals surface area (Å²) in [6.45, 7) is 1.94. The van der Waals surface area contributed by atoms with E-state index in [1.807, 2.05) is 19.2 Å². The minimum Gasteiger partial charge on any atom is -0.480 e. The highest BCUT2D eigenvalue weighted by atomic mass is 32.2. The number of methoxy groups -OCH3 is 1. The number of hydrogen-bond donors (Lipinski definition) is 0. The van der Waals surface area contributed by atoms with Gasteiger partial charge in [-0.1, -0.05) is 24.0 Å². The maximum absolute atomic E-state index is 5.08. The largest absolute Gasteiger partial charge is 0.480 e. The third-order valence-electron chi connectivity index (χ3n) is 1.42. The molecule has 0 aliphatic carbocycles. The number of aromatic nitrogens is 2. The van der Waals surface area contributed by atoms with Gasteiger partial charge in [-0.3, -0.25) is 0 Å². The lowest BCUT2D eigenvalue weighted by atomic mass is 10.5. The van der Waals surface area contributed by atoms with Crippen molar-refractivity contribution in [3.8, 4) is 5.88 Å². The van der Waals surface area contributed by atoms with E-state index in [9.17, 15) is 0 Å². The van der Waals surface area contributed by atoms with Crippen LogP contribution in [-0.2, 0) is 0 Å². The second-order valence-electron chi connectivity index (χ2n) is 2.21. The smallest absolute Gasteiger partial charge is 0.233 e. The summed E-state index contributed by atoms with van der Waals surface area (Å²) >= 11 is 6.57. The summed E-state index contributed by atoms with van der Waals surface area (Å²) in [7, 11) is 1.59. The maximum atomic E-state index is 5.08. The maximum Gasteiger partial charge on any atom is 0.233 e. The number of ether oxygens (including phenoxy) is 1. The van der Waals surface area contributed by atoms with Gasteiger partial charge in [0.05, 0.1) is 7.11 Å². The van der Waals surface area contributed by atoms with Gasteiger partial charge in [0.25, 0.3) is 0 Å². The molecule has 12 heavy (non-hydrogen) atoms. The van der Waals surface area contributed by atoms with Crippen molar-refractivity contribution in [1.82, 2.24) is 9.78 Å². The number of nitrogens with zero attached hydrogens (tertiary/aromatic N) is 2. The quantitative estimate of drug-likeness (QED) is 0.648. The van der Waals surface area contributed by atoms with Crippen molar-refractivity contribution in [2.45, 2.75) is 6.92 Å². The Labute approximate surface area is 81.1 Å². The molecular formula is C7H10N2OS2. The van der Waals surface area contributed by atoms with E-state index in [2.05, 4.69) is 5.10 Å². The lowest BCUT2D eigenvalue weighted by molar-refractivity contribution is 0.395. The third kappa shape index (κ3) is 1.78. The standard InChI is InChI=1S/C7H10N2OS2/c1-5-4-6(10-2)8-9(5)7(11)12-3/h4H,1-3H3. The minimum absolute atomic E-state index is 0.601. The van der Waals surface area contributed by atoms with E-state index >= 15 is 0 Å². The van der Waals surface area contributed by atoms with E-state index in [1.165, 1.54) is 11.8 Å². The van der Waals surface area contributed by atoms with Gasteiger partial charge in [0.2, 0.25) is 5.88 Å². The first-order valence-electron chi connectivity index (χ1n) is 3.38. The van der Waals surface area contributed by atoms with Crippen LogP contribution in [0.5, 0.6) is 5.88 Å². The Kier molecular flexibility index (Phi) is 3.11. The second kappa shape index (κ2) is 3.91. The van der Waals surface area contributed by atoms with Crippen LogP contribution in [0.3, 0.4) is 0 Å². The van der Waals surface area contributed by atoms with E-state index in [1.54, 1.807) is 11.8 Å². The SMILES string of the molecule is COc1cc(C)n(C(=S)SC)n1. The Balaban J connectivity index is 2.99. The van der Waals surface area contributed by atoms with Crippen LogP contribution in [0.4, 0.5) is 0 Å². The van der Waals surface area contributed by atoms with Crippen molar-refractivity contribution in [2.75, 3.05) is 13.4 Å². The summed E-state index contributed by atoms with van der Waals surface area (Å²) in [6, 6.07) is 1.85. The average Bonchev–Trinajstić information content (AvgIpc) is 2.45. The molecular weight excluding hydrogens is 192 g/mol. The van der Waals surface area contributed by atoms with Gasteiger partial charge >= 0.3 is 0 Å². The van der Waals surface area contributed by atoms with E-state index in [0.29, 0.717) is 5.88 Å². The number of thiocarbonyl (C=S) groups is 1. The summed E-state index contributed by atoms with van der Waals surface area (Å²) in [5.74, 6) is 0.601. The van der Waals surface area contributed by atoms with Crippen molar-refractivity contribution < 1.29 is 4.74 Å². The molecule has 0 bridgehead atoms. The monoisotopic (exact) mass is 202 g/mol. The highest BCUT2D eigenvalue weighted by Gasteiger charge is 2.06. The molecule has 0 atom stereocenters. The number of aryl methyl sites for hydroxylation is 1. The van der Waals surface area contributed by atoms with Crippen LogP contribution in [-0.4, -0.2) is 27.5 Å². The first-order chi connectivity index (χ1) is 5.69. The molecule has 0 fully saturated rings. The Bertz CT molecular complexity index is 296. The van der Waals surface area contributed by atoms with Crippen LogP contribution in [0.15, 0.2) is 6.07 Å².